The zero-order valence-electron chi connectivity index (χ0n) is 15.2. The number of hydrogen-bond acceptors (Lipinski definition) is 2. The van der Waals surface area contributed by atoms with E-state index in [1.54, 1.807) is 6.92 Å². The van der Waals surface area contributed by atoms with Crippen molar-refractivity contribution in [3.05, 3.63) is 11.6 Å². The second-order valence-corrected chi connectivity index (χ2v) is 9.47. The van der Waals surface area contributed by atoms with Crippen LogP contribution in [0.5, 0.6) is 0 Å². The van der Waals surface area contributed by atoms with Gasteiger partial charge < -0.3 is 5.11 Å². The van der Waals surface area contributed by atoms with Crippen LogP contribution in [0.15, 0.2) is 11.6 Å². The molecule has 0 aromatic rings. The summed E-state index contributed by atoms with van der Waals surface area (Å²) in [4.78, 5) is 12.1. The van der Waals surface area contributed by atoms with Gasteiger partial charge in [0.1, 0.15) is 12.0 Å². The Hall–Kier alpha value is -0.700. The molecular weight excluding hydrogens is 303 g/mol. The summed E-state index contributed by atoms with van der Waals surface area (Å²) in [5, 5.41) is 10.00. The van der Waals surface area contributed by atoms with Crippen molar-refractivity contribution in [1.82, 2.24) is 0 Å². The first-order valence-corrected chi connectivity index (χ1v) is 9.80. The molecule has 1 N–H and O–H groups in total. The van der Waals surface area contributed by atoms with Gasteiger partial charge in [-0.25, -0.2) is 4.39 Å². The molecule has 0 bridgehead atoms. The number of hydrogen-bond donors (Lipinski definition) is 1. The minimum atomic E-state index is -0.935. The Morgan fingerprint density at radius 3 is 2.71 bits per heavy atom. The molecule has 0 radical (unpaired) electrons. The lowest BCUT2D eigenvalue weighted by molar-refractivity contribution is -0.128. The van der Waals surface area contributed by atoms with Crippen LogP contribution >= 0.6 is 0 Å². The number of carbonyl (C=O) groups is 1. The number of ketones is 1. The first-order valence-electron chi connectivity index (χ1n) is 9.80. The van der Waals surface area contributed by atoms with Crippen molar-refractivity contribution in [2.45, 2.75) is 78.0 Å². The average Bonchev–Trinajstić information content (AvgIpc) is 2.86. The van der Waals surface area contributed by atoms with E-state index in [9.17, 15) is 9.90 Å². The van der Waals surface area contributed by atoms with Crippen molar-refractivity contribution in [2.24, 2.45) is 34.5 Å². The summed E-state index contributed by atoms with van der Waals surface area (Å²) in [6.07, 6.45) is 6.99. The molecule has 8 atom stereocenters. The van der Waals surface area contributed by atoms with E-state index >= 15 is 4.39 Å². The van der Waals surface area contributed by atoms with Crippen LogP contribution in [-0.2, 0) is 4.79 Å². The number of fused-ring (bicyclic) bond motifs is 5. The molecule has 4 aliphatic rings. The third-order valence-corrected chi connectivity index (χ3v) is 8.61. The van der Waals surface area contributed by atoms with Crippen LogP contribution in [0.1, 0.15) is 65.7 Å². The maximum absolute atomic E-state index is 15.1. The van der Waals surface area contributed by atoms with Crippen molar-refractivity contribution in [3.8, 4) is 0 Å². The second-order valence-electron chi connectivity index (χ2n) is 9.47. The predicted molar refractivity (Wildman–Crippen MR) is 92.2 cm³/mol. The third kappa shape index (κ3) is 2.06. The summed E-state index contributed by atoms with van der Waals surface area (Å²) in [5.41, 5.74) is 0.895. The smallest absolute Gasteiger partial charge is 0.133 e. The van der Waals surface area contributed by atoms with E-state index in [1.165, 1.54) is 5.57 Å². The van der Waals surface area contributed by atoms with E-state index in [1.807, 2.05) is 0 Å². The Morgan fingerprint density at radius 1 is 1.25 bits per heavy atom. The van der Waals surface area contributed by atoms with Crippen molar-refractivity contribution < 1.29 is 14.3 Å². The monoisotopic (exact) mass is 334 g/mol. The fourth-order valence-corrected chi connectivity index (χ4v) is 7.32. The number of rotatable bonds is 1. The van der Waals surface area contributed by atoms with Gasteiger partial charge in [-0.15, -0.1) is 0 Å². The Bertz CT molecular complexity index is 584. The van der Waals surface area contributed by atoms with Gasteiger partial charge >= 0.3 is 0 Å². The van der Waals surface area contributed by atoms with E-state index in [0.717, 1.165) is 32.1 Å². The topological polar surface area (TPSA) is 37.3 Å². The quantitative estimate of drug-likeness (QED) is 0.719. The first kappa shape index (κ1) is 16.8. The highest BCUT2D eigenvalue weighted by Gasteiger charge is 2.61. The molecule has 2 nitrogen and oxygen atoms in total. The largest absolute Gasteiger partial charge is 0.393 e. The zero-order chi connectivity index (χ0) is 17.3. The van der Waals surface area contributed by atoms with Crippen LogP contribution in [0.3, 0.4) is 0 Å². The normalized spacial score (nSPS) is 53.6. The summed E-state index contributed by atoms with van der Waals surface area (Å²) in [6, 6.07) is 0. The summed E-state index contributed by atoms with van der Waals surface area (Å²) < 4.78 is 15.1. The zero-order valence-corrected chi connectivity index (χ0v) is 15.2. The molecule has 3 saturated carbocycles. The Morgan fingerprint density at radius 2 is 2.00 bits per heavy atom. The van der Waals surface area contributed by atoms with Crippen LogP contribution in [0.25, 0.3) is 0 Å². The van der Waals surface area contributed by atoms with Gasteiger partial charge in [0.2, 0.25) is 0 Å². The average molecular weight is 334 g/mol. The van der Waals surface area contributed by atoms with E-state index < -0.39 is 17.7 Å². The predicted octanol–water partition coefficient (Wildman–Crippen LogP) is 4.46. The number of Topliss-reactive ketones (excluding diaryl/α,β-unsaturated/α-hetero) is 1. The molecule has 134 valence electrons. The van der Waals surface area contributed by atoms with Crippen molar-refractivity contribution >= 4 is 5.78 Å². The van der Waals surface area contributed by atoms with Crippen LogP contribution in [0.4, 0.5) is 4.39 Å². The number of carbonyl (C=O) groups excluding carboxylic acids is 1. The molecule has 24 heavy (non-hydrogen) atoms. The van der Waals surface area contributed by atoms with Crippen molar-refractivity contribution in [3.63, 3.8) is 0 Å². The minimum absolute atomic E-state index is 0.120. The van der Waals surface area contributed by atoms with Gasteiger partial charge in [-0.3, -0.25) is 4.79 Å². The third-order valence-electron chi connectivity index (χ3n) is 8.61. The van der Waals surface area contributed by atoms with E-state index in [0.29, 0.717) is 30.0 Å². The molecule has 4 unspecified atom stereocenters. The Balaban J connectivity index is 1.69. The SMILES string of the molecule is CC(=O)[C@H]1CCC2C3CC=C4C[C@H](O)CC(F)[C@]4(C)C3CC[C@@]21C. The number of aliphatic hydroxyl groups is 1. The highest BCUT2D eigenvalue weighted by molar-refractivity contribution is 5.79. The first-order chi connectivity index (χ1) is 11.3. The lowest BCUT2D eigenvalue weighted by Crippen LogP contribution is -2.54. The molecule has 3 fully saturated rings. The molecule has 0 amide bonds. The molecule has 0 aliphatic heterocycles. The van der Waals surface area contributed by atoms with Gasteiger partial charge in [0, 0.05) is 17.8 Å². The summed E-state index contributed by atoms with van der Waals surface area (Å²) in [7, 11) is 0. The van der Waals surface area contributed by atoms with Crippen LogP contribution in [0.2, 0.25) is 0 Å². The molecule has 4 rings (SSSR count). The van der Waals surface area contributed by atoms with E-state index in [-0.39, 0.29) is 17.8 Å². The standard InChI is InChI=1S/C21H31FO2/c1-12(23)16-6-7-17-15-5-4-13-10-14(24)11-19(22)21(13,3)18(15)8-9-20(16,17)2/h4,14-19,24H,5-11H2,1-3H3/t14-,15?,16+,17?,18?,19?,20+,21-/m0/s1. The molecule has 3 heteroatoms. The van der Waals surface area contributed by atoms with Crippen LogP contribution < -0.4 is 0 Å². The van der Waals surface area contributed by atoms with Gasteiger partial charge in [-0.05, 0) is 68.6 Å². The summed E-state index contributed by atoms with van der Waals surface area (Å²) >= 11 is 0. The number of alkyl halides is 1. The second kappa shape index (κ2) is 5.40. The number of aliphatic hydroxyl groups excluding tert-OH is 1. The van der Waals surface area contributed by atoms with Crippen molar-refractivity contribution in [1.29, 1.82) is 0 Å². The van der Waals surface area contributed by atoms with Gasteiger partial charge in [-0.1, -0.05) is 25.5 Å². The molecule has 0 spiro atoms. The molecule has 0 heterocycles. The summed E-state index contributed by atoms with van der Waals surface area (Å²) in [5.74, 6) is 2.00. The van der Waals surface area contributed by atoms with Crippen molar-refractivity contribution in [2.75, 3.05) is 0 Å². The van der Waals surface area contributed by atoms with Gasteiger partial charge in [0.05, 0.1) is 6.10 Å². The van der Waals surface area contributed by atoms with E-state index in [4.69, 9.17) is 0 Å². The lowest BCUT2D eigenvalue weighted by Gasteiger charge is -2.58. The fourth-order valence-electron chi connectivity index (χ4n) is 7.32. The minimum Gasteiger partial charge on any atom is -0.393 e. The Kier molecular flexibility index (Phi) is 3.77. The summed E-state index contributed by atoms with van der Waals surface area (Å²) in [6.45, 7) is 6.20. The van der Waals surface area contributed by atoms with Gasteiger partial charge in [0.15, 0.2) is 0 Å². The van der Waals surface area contributed by atoms with Gasteiger partial charge in [0.25, 0.3) is 0 Å². The maximum atomic E-state index is 15.1. The molecular formula is C21H31FO2. The maximum Gasteiger partial charge on any atom is 0.133 e. The number of halogens is 1. The Labute approximate surface area is 144 Å². The van der Waals surface area contributed by atoms with Crippen LogP contribution in [-0.4, -0.2) is 23.2 Å². The van der Waals surface area contributed by atoms with Gasteiger partial charge in [-0.2, -0.15) is 0 Å². The van der Waals surface area contributed by atoms with Crippen LogP contribution in [0, 0.1) is 34.5 Å². The molecule has 0 saturated heterocycles. The highest BCUT2D eigenvalue weighted by atomic mass is 19.1. The molecule has 0 aromatic heterocycles. The number of allylic oxidation sites excluding steroid dienone is 1. The molecule has 0 aromatic carbocycles. The molecule has 4 aliphatic carbocycles. The van der Waals surface area contributed by atoms with E-state index in [2.05, 4.69) is 19.9 Å². The highest BCUT2D eigenvalue weighted by Crippen LogP contribution is 2.66. The lowest BCUT2D eigenvalue weighted by atomic mass is 9.47. The fraction of sp³-hybridized carbons (Fsp3) is 0.857.